The van der Waals surface area contributed by atoms with Gasteiger partial charge in [-0.3, -0.25) is 14.9 Å². The number of Topliss-reactive ketones (excluding diaryl/α,β-unsaturated/α-hetero) is 1. The third-order valence-corrected chi connectivity index (χ3v) is 3.74. The molecule has 0 aliphatic carbocycles. The predicted octanol–water partition coefficient (Wildman–Crippen LogP) is 3.19. The van der Waals surface area contributed by atoms with Gasteiger partial charge in [-0.05, 0) is 38.5 Å². The summed E-state index contributed by atoms with van der Waals surface area (Å²) in [5, 5.41) is 3.11. The minimum atomic E-state index is -0.657. The maximum atomic E-state index is 12.9. The number of nitrogens with one attached hydrogen (secondary N) is 1. The molecule has 1 atom stereocenters. The van der Waals surface area contributed by atoms with E-state index in [2.05, 4.69) is 5.32 Å². The van der Waals surface area contributed by atoms with Gasteiger partial charge in [-0.2, -0.15) is 0 Å². The van der Waals surface area contributed by atoms with Crippen LogP contribution in [0.4, 0.5) is 0 Å². The molecule has 5 nitrogen and oxygen atoms in total. The van der Waals surface area contributed by atoms with Crippen LogP contribution in [0.25, 0.3) is 0 Å². The molecule has 0 aliphatic rings. The molecular formula is C19H23NO4. The van der Waals surface area contributed by atoms with Crippen LogP contribution in [0.1, 0.15) is 40.6 Å². The third-order valence-electron chi connectivity index (χ3n) is 3.74. The topological polar surface area (TPSA) is 68.5 Å². The van der Waals surface area contributed by atoms with E-state index in [-0.39, 0.29) is 12.2 Å². The van der Waals surface area contributed by atoms with Gasteiger partial charge in [0, 0.05) is 5.56 Å². The van der Waals surface area contributed by atoms with Gasteiger partial charge in [0.05, 0.1) is 31.9 Å². The number of furan rings is 1. The molecule has 0 saturated carbocycles. The summed E-state index contributed by atoms with van der Waals surface area (Å²) in [5.74, 6) is 0.192. The Morgan fingerprint density at radius 2 is 2.04 bits per heavy atom. The van der Waals surface area contributed by atoms with Crippen molar-refractivity contribution in [2.45, 2.75) is 39.8 Å². The van der Waals surface area contributed by atoms with Crippen LogP contribution in [0.2, 0.25) is 0 Å². The first-order chi connectivity index (χ1) is 11.5. The largest absolute Gasteiger partial charge is 0.468 e. The van der Waals surface area contributed by atoms with E-state index >= 15 is 0 Å². The number of hydrogen-bond acceptors (Lipinski definition) is 5. The Bertz CT molecular complexity index is 691. The highest BCUT2D eigenvalue weighted by Gasteiger charge is 2.25. The van der Waals surface area contributed by atoms with Gasteiger partial charge in [0.2, 0.25) is 0 Å². The average molecular weight is 329 g/mol. The van der Waals surface area contributed by atoms with E-state index < -0.39 is 12.0 Å². The number of ketones is 1. The summed E-state index contributed by atoms with van der Waals surface area (Å²) in [7, 11) is 0. The highest BCUT2D eigenvalue weighted by atomic mass is 16.5. The molecule has 0 saturated heterocycles. The summed E-state index contributed by atoms with van der Waals surface area (Å²) < 4.78 is 10.3. The zero-order chi connectivity index (χ0) is 17.5. The zero-order valence-corrected chi connectivity index (χ0v) is 14.3. The van der Waals surface area contributed by atoms with E-state index in [1.54, 1.807) is 25.3 Å². The molecule has 0 spiro atoms. The number of hydrogen-bond donors (Lipinski definition) is 1. The van der Waals surface area contributed by atoms with Crippen LogP contribution in [0.3, 0.4) is 0 Å². The Labute approximate surface area is 142 Å². The van der Waals surface area contributed by atoms with Crippen LogP contribution in [0.5, 0.6) is 0 Å². The molecule has 0 radical (unpaired) electrons. The van der Waals surface area contributed by atoms with E-state index in [0.717, 1.165) is 11.1 Å². The maximum Gasteiger partial charge on any atom is 0.307 e. The van der Waals surface area contributed by atoms with Crippen molar-refractivity contribution in [1.29, 1.82) is 0 Å². The monoisotopic (exact) mass is 329 g/mol. The van der Waals surface area contributed by atoms with E-state index in [1.807, 2.05) is 32.0 Å². The van der Waals surface area contributed by atoms with Gasteiger partial charge in [-0.15, -0.1) is 0 Å². The summed E-state index contributed by atoms with van der Waals surface area (Å²) in [6.07, 6.45) is 1.56. The Balaban J connectivity index is 2.16. The van der Waals surface area contributed by atoms with Crippen LogP contribution in [0, 0.1) is 13.8 Å². The van der Waals surface area contributed by atoms with Gasteiger partial charge < -0.3 is 9.15 Å². The molecule has 1 unspecified atom stereocenters. The van der Waals surface area contributed by atoms with Gasteiger partial charge in [0.1, 0.15) is 5.76 Å². The number of benzene rings is 1. The molecule has 2 aromatic rings. The predicted molar refractivity (Wildman–Crippen MR) is 90.8 cm³/mol. The van der Waals surface area contributed by atoms with Gasteiger partial charge >= 0.3 is 5.97 Å². The van der Waals surface area contributed by atoms with Crippen molar-refractivity contribution in [3.8, 4) is 0 Å². The van der Waals surface area contributed by atoms with E-state index in [0.29, 0.717) is 24.5 Å². The van der Waals surface area contributed by atoms with Crippen molar-refractivity contribution in [3.05, 3.63) is 59.0 Å². The normalized spacial score (nSPS) is 12.0. The van der Waals surface area contributed by atoms with Crippen molar-refractivity contribution in [2.75, 3.05) is 6.61 Å². The van der Waals surface area contributed by atoms with Crippen LogP contribution in [-0.4, -0.2) is 24.4 Å². The van der Waals surface area contributed by atoms with Crippen LogP contribution in [-0.2, 0) is 16.1 Å². The van der Waals surface area contributed by atoms with Gasteiger partial charge in [-0.1, -0.05) is 23.8 Å². The highest BCUT2D eigenvalue weighted by Crippen LogP contribution is 2.15. The first kappa shape index (κ1) is 17.9. The van der Waals surface area contributed by atoms with Crippen molar-refractivity contribution in [3.63, 3.8) is 0 Å². The molecule has 1 aromatic carbocycles. The molecule has 128 valence electrons. The molecule has 5 heteroatoms. The molecule has 1 aromatic heterocycles. The summed E-state index contributed by atoms with van der Waals surface area (Å²) in [4.78, 5) is 24.7. The molecule has 1 N–H and O–H groups in total. The number of carbonyl (C=O) groups excluding carboxylic acids is 2. The van der Waals surface area contributed by atoms with Crippen molar-refractivity contribution < 1.29 is 18.7 Å². The SMILES string of the molecule is CCOC(=O)CC(NCc1ccco1)C(=O)c1ccc(C)cc1C. The summed E-state index contributed by atoms with van der Waals surface area (Å²) in [5.41, 5.74) is 2.60. The number of rotatable bonds is 8. The Morgan fingerprint density at radius 3 is 2.67 bits per heavy atom. The Morgan fingerprint density at radius 1 is 1.25 bits per heavy atom. The first-order valence-corrected chi connectivity index (χ1v) is 8.04. The number of esters is 1. The molecule has 0 bridgehead atoms. The van der Waals surface area contributed by atoms with Gasteiger partial charge in [0.25, 0.3) is 0 Å². The van der Waals surface area contributed by atoms with Crippen LogP contribution >= 0.6 is 0 Å². The summed E-state index contributed by atoms with van der Waals surface area (Å²) in [6, 6.07) is 8.60. The lowest BCUT2D eigenvalue weighted by atomic mass is 9.96. The smallest absolute Gasteiger partial charge is 0.307 e. The molecule has 0 amide bonds. The third kappa shape index (κ3) is 4.80. The molecule has 1 heterocycles. The second-order valence-corrected chi connectivity index (χ2v) is 5.70. The van der Waals surface area contributed by atoms with Gasteiger partial charge in [-0.25, -0.2) is 0 Å². The summed E-state index contributed by atoms with van der Waals surface area (Å²) >= 11 is 0. The number of ether oxygens (including phenoxy) is 1. The maximum absolute atomic E-state index is 12.9. The minimum absolute atomic E-state index is 0.0132. The van der Waals surface area contributed by atoms with Crippen molar-refractivity contribution in [2.24, 2.45) is 0 Å². The molecule has 24 heavy (non-hydrogen) atoms. The Hall–Kier alpha value is -2.40. The fourth-order valence-electron chi connectivity index (χ4n) is 2.56. The van der Waals surface area contributed by atoms with E-state index in [9.17, 15) is 9.59 Å². The number of aryl methyl sites for hydroxylation is 2. The van der Waals surface area contributed by atoms with E-state index in [1.165, 1.54) is 0 Å². The zero-order valence-electron chi connectivity index (χ0n) is 14.3. The lowest BCUT2D eigenvalue weighted by Crippen LogP contribution is -2.39. The highest BCUT2D eigenvalue weighted by molar-refractivity contribution is 6.03. The van der Waals surface area contributed by atoms with E-state index in [4.69, 9.17) is 9.15 Å². The molecule has 2 rings (SSSR count). The van der Waals surface area contributed by atoms with Crippen LogP contribution < -0.4 is 5.32 Å². The summed E-state index contributed by atoms with van der Waals surface area (Å²) in [6.45, 7) is 6.28. The molecule has 0 aliphatic heterocycles. The minimum Gasteiger partial charge on any atom is -0.468 e. The Kier molecular flexibility index (Phi) is 6.32. The van der Waals surface area contributed by atoms with Crippen LogP contribution in [0.15, 0.2) is 41.0 Å². The first-order valence-electron chi connectivity index (χ1n) is 8.04. The lowest BCUT2D eigenvalue weighted by molar-refractivity contribution is -0.143. The molecule has 0 fully saturated rings. The second-order valence-electron chi connectivity index (χ2n) is 5.70. The average Bonchev–Trinajstić information content (AvgIpc) is 3.04. The number of carbonyl (C=O) groups is 2. The standard InChI is InChI=1S/C19H23NO4/c1-4-23-18(21)11-17(20-12-15-6-5-9-24-15)19(22)16-8-7-13(2)10-14(16)3/h5-10,17,20H,4,11-12H2,1-3H3. The lowest BCUT2D eigenvalue weighted by Gasteiger charge is -2.18. The molecular weight excluding hydrogens is 306 g/mol. The van der Waals surface area contributed by atoms with Crippen molar-refractivity contribution in [1.82, 2.24) is 5.32 Å². The quantitative estimate of drug-likeness (QED) is 0.595. The van der Waals surface area contributed by atoms with Gasteiger partial charge in [0.15, 0.2) is 5.78 Å². The fourth-order valence-corrected chi connectivity index (χ4v) is 2.56. The van der Waals surface area contributed by atoms with Crippen molar-refractivity contribution >= 4 is 11.8 Å². The second kappa shape index (κ2) is 8.45. The fraction of sp³-hybridized carbons (Fsp3) is 0.368.